The van der Waals surface area contributed by atoms with Crippen molar-refractivity contribution < 1.29 is 5.11 Å². The highest BCUT2D eigenvalue weighted by Crippen LogP contribution is 2.46. The lowest BCUT2D eigenvalue weighted by Gasteiger charge is -2.44. The van der Waals surface area contributed by atoms with Crippen LogP contribution in [0.4, 0.5) is 0 Å². The highest BCUT2D eigenvalue weighted by Gasteiger charge is 2.46. The molecule has 0 aliphatic rings. The second-order valence-electron chi connectivity index (χ2n) is 6.87. The third-order valence-electron chi connectivity index (χ3n) is 4.95. The number of phenols is 1. The van der Waals surface area contributed by atoms with Gasteiger partial charge in [-0.2, -0.15) is 0 Å². The first-order valence-corrected chi connectivity index (χ1v) is 10.7. The summed E-state index contributed by atoms with van der Waals surface area (Å²) in [5, 5.41) is 11.2. The average molecular weight is 368 g/mol. The molecule has 0 aliphatic heterocycles. The second-order valence-corrected chi connectivity index (χ2v) is 13.4. The normalized spacial score (nSPS) is 13.0. The van der Waals surface area contributed by atoms with E-state index in [4.69, 9.17) is 0 Å². The van der Waals surface area contributed by atoms with Gasteiger partial charge in [-0.3, -0.25) is 0 Å². The molecule has 2 rings (SSSR count). The van der Waals surface area contributed by atoms with E-state index in [9.17, 15) is 5.11 Å². The van der Waals surface area contributed by atoms with Gasteiger partial charge in [0.2, 0.25) is 0 Å². The molecule has 0 aliphatic carbocycles. The Morgan fingerprint density at radius 2 is 1.52 bits per heavy atom. The van der Waals surface area contributed by atoms with Crippen LogP contribution in [-0.2, 0) is 0 Å². The van der Waals surface area contributed by atoms with Gasteiger partial charge in [0.25, 0.3) is 0 Å². The van der Waals surface area contributed by atoms with Crippen molar-refractivity contribution in [1.29, 1.82) is 0 Å². The van der Waals surface area contributed by atoms with Crippen molar-refractivity contribution in [3.8, 4) is 5.75 Å². The van der Waals surface area contributed by atoms with Crippen LogP contribution in [0.2, 0.25) is 16.6 Å². The van der Waals surface area contributed by atoms with Crippen LogP contribution in [0.5, 0.6) is 5.75 Å². The summed E-state index contributed by atoms with van der Waals surface area (Å²) in [6.07, 6.45) is 2.20. The quantitative estimate of drug-likeness (QED) is 0.645. The van der Waals surface area contributed by atoms with Gasteiger partial charge in [0.15, 0.2) is 8.24 Å². The molecule has 0 spiro atoms. The lowest BCUT2D eigenvalue weighted by atomic mass is 10.2. The summed E-state index contributed by atoms with van der Waals surface area (Å²) >= 11 is 3.65. The minimum Gasteiger partial charge on any atom is -0.507 e. The number of hydrogen-bond acceptors (Lipinski definition) is 1. The monoisotopic (exact) mass is 367 g/mol. The molecule has 0 unspecified atom stereocenters. The number of halogens is 1. The maximum atomic E-state index is 10.2. The van der Waals surface area contributed by atoms with Crippen molar-refractivity contribution in [2.24, 2.45) is 0 Å². The zero-order chi connectivity index (χ0) is 15.9. The molecule has 116 valence electrons. The van der Waals surface area contributed by atoms with Gasteiger partial charge in [-0.1, -0.05) is 47.6 Å². The Labute approximate surface area is 137 Å². The number of aromatic nitrogens is 1. The predicted octanol–water partition coefficient (Wildman–Crippen LogP) is 6.13. The van der Waals surface area contributed by atoms with E-state index in [1.54, 1.807) is 6.07 Å². The van der Waals surface area contributed by atoms with Crippen molar-refractivity contribution in [2.45, 2.75) is 58.2 Å². The van der Waals surface area contributed by atoms with Gasteiger partial charge in [-0.05, 0) is 44.7 Å². The second kappa shape index (κ2) is 5.80. The van der Waals surface area contributed by atoms with Crippen LogP contribution in [-0.4, -0.2) is 17.6 Å². The molecule has 4 heteroatoms. The molecular formula is C17H26BrNOSi. The molecule has 1 heterocycles. The third kappa shape index (κ3) is 2.36. The summed E-state index contributed by atoms with van der Waals surface area (Å²) in [6.45, 7) is 14.1. The van der Waals surface area contributed by atoms with E-state index in [0.717, 1.165) is 15.4 Å². The molecule has 0 bridgehead atoms. The SMILES string of the molecule is CC(C)[Si](C(C)C)(C(C)C)n1cc(Br)c2c(O)cccc21. The van der Waals surface area contributed by atoms with Crippen LogP contribution in [0.25, 0.3) is 10.9 Å². The highest BCUT2D eigenvalue weighted by molar-refractivity contribution is 9.10. The Kier molecular flexibility index (Phi) is 4.59. The van der Waals surface area contributed by atoms with Gasteiger partial charge in [0.05, 0.1) is 5.39 Å². The third-order valence-corrected chi connectivity index (χ3v) is 12.3. The molecular weight excluding hydrogens is 342 g/mol. The van der Waals surface area contributed by atoms with Crippen molar-refractivity contribution >= 4 is 35.1 Å². The fraction of sp³-hybridized carbons (Fsp3) is 0.529. The average Bonchev–Trinajstić information content (AvgIpc) is 2.68. The molecule has 2 aromatic rings. The van der Waals surface area contributed by atoms with E-state index >= 15 is 0 Å². The van der Waals surface area contributed by atoms with E-state index in [-0.39, 0.29) is 0 Å². The van der Waals surface area contributed by atoms with E-state index in [0.29, 0.717) is 22.4 Å². The molecule has 2 nitrogen and oxygen atoms in total. The zero-order valence-corrected chi connectivity index (χ0v) is 16.4. The minimum atomic E-state index is -1.79. The largest absolute Gasteiger partial charge is 0.507 e. The Morgan fingerprint density at radius 3 is 2.00 bits per heavy atom. The molecule has 21 heavy (non-hydrogen) atoms. The standard InChI is InChI=1S/C17H26BrNOSi/c1-11(2)21(12(3)4,13(5)6)19-10-14(18)17-15(19)8-7-9-16(17)20/h7-13,20H,1-6H3. The summed E-state index contributed by atoms with van der Waals surface area (Å²) < 4.78 is 3.51. The Morgan fingerprint density at radius 1 is 1.00 bits per heavy atom. The van der Waals surface area contributed by atoms with Crippen LogP contribution in [0.15, 0.2) is 28.9 Å². The van der Waals surface area contributed by atoms with Crippen molar-refractivity contribution in [3.05, 3.63) is 28.9 Å². The summed E-state index contributed by atoms with van der Waals surface area (Å²) in [5.41, 5.74) is 3.04. The summed E-state index contributed by atoms with van der Waals surface area (Å²) in [6, 6.07) is 5.84. The molecule has 0 saturated carbocycles. The number of phenolic OH excluding ortho intramolecular Hbond substituents is 1. The van der Waals surface area contributed by atoms with E-state index < -0.39 is 8.24 Å². The first-order chi connectivity index (χ1) is 9.74. The maximum absolute atomic E-state index is 10.2. The molecule has 0 fully saturated rings. The molecule has 0 radical (unpaired) electrons. The van der Waals surface area contributed by atoms with Gasteiger partial charge in [0.1, 0.15) is 5.75 Å². The number of aromatic hydroxyl groups is 1. The van der Waals surface area contributed by atoms with Crippen molar-refractivity contribution in [2.75, 3.05) is 0 Å². The first-order valence-electron chi connectivity index (χ1n) is 7.73. The van der Waals surface area contributed by atoms with Crippen LogP contribution in [0.3, 0.4) is 0 Å². The number of rotatable bonds is 4. The van der Waals surface area contributed by atoms with E-state index in [1.165, 1.54) is 0 Å². The summed E-state index contributed by atoms with van der Waals surface area (Å²) in [7, 11) is -1.79. The fourth-order valence-electron chi connectivity index (χ4n) is 4.38. The van der Waals surface area contributed by atoms with Gasteiger partial charge >= 0.3 is 0 Å². The zero-order valence-electron chi connectivity index (χ0n) is 13.8. The topological polar surface area (TPSA) is 25.2 Å². The Hall–Kier alpha value is -0.743. The van der Waals surface area contributed by atoms with Gasteiger partial charge in [-0.25, -0.2) is 0 Å². The van der Waals surface area contributed by atoms with Crippen LogP contribution >= 0.6 is 15.9 Å². The molecule has 1 N–H and O–H groups in total. The molecule has 1 aromatic carbocycles. The van der Waals surface area contributed by atoms with E-state index in [2.05, 4.69) is 74.0 Å². The van der Waals surface area contributed by atoms with Gasteiger partial charge < -0.3 is 9.34 Å². The van der Waals surface area contributed by atoms with Gasteiger partial charge in [-0.15, -0.1) is 0 Å². The first kappa shape index (κ1) is 16.6. The van der Waals surface area contributed by atoms with Crippen molar-refractivity contribution in [1.82, 2.24) is 4.23 Å². The predicted molar refractivity (Wildman–Crippen MR) is 97.7 cm³/mol. The highest BCUT2D eigenvalue weighted by atomic mass is 79.9. The maximum Gasteiger partial charge on any atom is 0.169 e. The van der Waals surface area contributed by atoms with E-state index in [1.807, 2.05) is 6.07 Å². The Bertz CT molecular complexity index is 624. The van der Waals surface area contributed by atoms with Crippen LogP contribution in [0, 0.1) is 0 Å². The molecule has 0 saturated heterocycles. The Balaban J connectivity index is 2.87. The number of nitrogens with zero attached hydrogens (tertiary/aromatic N) is 1. The fourth-order valence-corrected chi connectivity index (χ4v) is 11.8. The van der Waals surface area contributed by atoms with Gasteiger partial charge in [0, 0.05) is 16.2 Å². The van der Waals surface area contributed by atoms with Crippen molar-refractivity contribution in [3.63, 3.8) is 0 Å². The molecule has 0 atom stereocenters. The number of fused-ring (bicyclic) bond motifs is 1. The molecule has 0 amide bonds. The lowest BCUT2D eigenvalue weighted by Crippen LogP contribution is -2.51. The number of hydrogen-bond donors (Lipinski definition) is 1. The van der Waals surface area contributed by atoms with Crippen LogP contribution < -0.4 is 0 Å². The summed E-state index contributed by atoms with van der Waals surface area (Å²) in [5.74, 6) is 0.359. The molecule has 1 aromatic heterocycles. The lowest BCUT2D eigenvalue weighted by molar-refractivity contribution is 0.481. The summed E-state index contributed by atoms with van der Waals surface area (Å²) in [4.78, 5) is 0. The smallest absolute Gasteiger partial charge is 0.169 e. The minimum absolute atomic E-state index is 0.359. The number of benzene rings is 1. The van der Waals surface area contributed by atoms with Crippen LogP contribution in [0.1, 0.15) is 41.5 Å².